The number of carbonyl (C=O) groups is 2. The van der Waals surface area contributed by atoms with Crippen LogP contribution in [-0.2, 0) is 16.0 Å². The summed E-state index contributed by atoms with van der Waals surface area (Å²) in [5.41, 5.74) is -0.341. The molecule has 2 amide bonds. The second-order valence-electron chi connectivity index (χ2n) is 4.66. The third-order valence-corrected chi connectivity index (χ3v) is 4.36. The van der Waals surface area contributed by atoms with E-state index in [9.17, 15) is 9.59 Å². The second kappa shape index (κ2) is 6.65. The van der Waals surface area contributed by atoms with Crippen molar-refractivity contribution in [3.05, 3.63) is 11.1 Å². The van der Waals surface area contributed by atoms with Gasteiger partial charge in [0.25, 0.3) is 0 Å². The van der Waals surface area contributed by atoms with Gasteiger partial charge in [0.1, 0.15) is 0 Å². The van der Waals surface area contributed by atoms with E-state index >= 15 is 0 Å². The third kappa shape index (κ3) is 4.31. The number of nitrogens with one attached hydrogen (secondary N) is 2. The molecule has 0 saturated heterocycles. The van der Waals surface area contributed by atoms with Crippen LogP contribution in [0.25, 0.3) is 0 Å². The van der Waals surface area contributed by atoms with Gasteiger partial charge in [0.05, 0.1) is 0 Å². The SMILES string of the molecule is CCc1cnc(NC(=O)C(=O)NC(C)(CC)CC)s1. The highest BCUT2D eigenvalue weighted by Gasteiger charge is 2.25. The molecule has 1 heterocycles. The number of hydrogen-bond acceptors (Lipinski definition) is 4. The van der Waals surface area contributed by atoms with Crippen molar-refractivity contribution >= 4 is 28.3 Å². The van der Waals surface area contributed by atoms with Crippen molar-refractivity contribution in [3.63, 3.8) is 0 Å². The Kier molecular flexibility index (Phi) is 5.47. The number of amides is 2. The first-order valence-corrected chi connectivity index (χ1v) is 7.34. The maximum atomic E-state index is 11.8. The molecule has 1 aromatic rings. The van der Waals surface area contributed by atoms with Crippen LogP contribution < -0.4 is 10.6 Å². The molecule has 1 aromatic heterocycles. The van der Waals surface area contributed by atoms with Gasteiger partial charge in [-0.2, -0.15) is 0 Å². The average Bonchev–Trinajstić information content (AvgIpc) is 2.86. The fourth-order valence-electron chi connectivity index (χ4n) is 1.44. The largest absolute Gasteiger partial charge is 0.343 e. The number of anilines is 1. The molecule has 0 aliphatic carbocycles. The number of aryl methyl sites for hydroxylation is 1. The number of aromatic nitrogens is 1. The van der Waals surface area contributed by atoms with Crippen LogP contribution in [0.1, 0.15) is 45.4 Å². The van der Waals surface area contributed by atoms with Crippen molar-refractivity contribution in [2.45, 2.75) is 52.5 Å². The summed E-state index contributed by atoms with van der Waals surface area (Å²) in [7, 11) is 0. The molecule has 0 unspecified atom stereocenters. The first-order valence-electron chi connectivity index (χ1n) is 6.52. The molecule has 19 heavy (non-hydrogen) atoms. The monoisotopic (exact) mass is 283 g/mol. The molecule has 0 fully saturated rings. The van der Waals surface area contributed by atoms with Crippen LogP contribution in [0, 0.1) is 0 Å². The van der Waals surface area contributed by atoms with Crippen LogP contribution >= 0.6 is 11.3 Å². The Morgan fingerprint density at radius 3 is 2.37 bits per heavy atom. The first-order chi connectivity index (χ1) is 8.94. The molecule has 0 saturated carbocycles. The van der Waals surface area contributed by atoms with Gasteiger partial charge in [-0.1, -0.05) is 20.8 Å². The highest BCUT2D eigenvalue weighted by Crippen LogP contribution is 2.18. The van der Waals surface area contributed by atoms with E-state index in [1.807, 2.05) is 27.7 Å². The maximum Gasteiger partial charge on any atom is 0.315 e. The molecule has 0 aliphatic heterocycles. The number of thiazole rings is 1. The molecule has 0 aliphatic rings. The Bertz CT molecular complexity index is 452. The molecule has 0 atom stereocenters. The van der Waals surface area contributed by atoms with Crippen LogP contribution in [0.2, 0.25) is 0 Å². The third-order valence-electron chi connectivity index (χ3n) is 3.30. The van der Waals surface area contributed by atoms with E-state index in [-0.39, 0.29) is 5.54 Å². The highest BCUT2D eigenvalue weighted by molar-refractivity contribution is 7.15. The van der Waals surface area contributed by atoms with Crippen molar-refractivity contribution in [2.75, 3.05) is 5.32 Å². The number of rotatable bonds is 5. The van der Waals surface area contributed by atoms with Gasteiger partial charge < -0.3 is 5.32 Å². The molecule has 5 nitrogen and oxygen atoms in total. The van der Waals surface area contributed by atoms with Gasteiger partial charge >= 0.3 is 11.8 Å². The Morgan fingerprint density at radius 1 is 1.26 bits per heavy atom. The smallest absolute Gasteiger partial charge is 0.315 e. The van der Waals surface area contributed by atoms with Gasteiger partial charge in [0.15, 0.2) is 5.13 Å². The number of carbonyl (C=O) groups excluding carboxylic acids is 2. The van der Waals surface area contributed by atoms with Gasteiger partial charge in [-0.05, 0) is 26.2 Å². The van der Waals surface area contributed by atoms with E-state index in [0.29, 0.717) is 5.13 Å². The summed E-state index contributed by atoms with van der Waals surface area (Å²) in [6, 6.07) is 0. The van der Waals surface area contributed by atoms with Crippen LogP contribution in [0.3, 0.4) is 0 Å². The molecular formula is C13H21N3O2S. The van der Waals surface area contributed by atoms with E-state index in [4.69, 9.17) is 0 Å². The fraction of sp³-hybridized carbons (Fsp3) is 0.615. The van der Waals surface area contributed by atoms with Gasteiger partial charge in [-0.25, -0.2) is 4.98 Å². The van der Waals surface area contributed by atoms with Crippen molar-refractivity contribution in [2.24, 2.45) is 0 Å². The van der Waals surface area contributed by atoms with Crippen molar-refractivity contribution in [3.8, 4) is 0 Å². The average molecular weight is 283 g/mol. The summed E-state index contributed by atoms with van der Waals surface area (Å²) < 4.78 is 0. The van der Waals surface area contributed by atoms with E-state index in [0.717, 1.165) is 24.1 Å². The topological polar surface area (TPSA) is 71.1 Å². The molecule has 2 N–H and O–H groups in total. The molecule has 0 bridgehead atoms. The lowest BCUT2D eigenvalue weighted by atomic mass is 9.95. The van der Waals surface area contributed by atoms with Gasteiger partial charge in [-0.3, -0.25) is 14.9 Å². The molecule has 6 heteroatoms. The summed E-state index contributed by atoms with van der Waals surface area (Å²) >= 11 is 1.39. The van der Waals surface area contributed by atoms with Crippen LogP contribution in [0.5, 0.6) is 0 Å². The second-order valence-corrected chi connectivity index (χ2v) is 5.78. The Hall–Kier alpha value is -1.43. The van der Waals surface area contributed by atoms with Crippen molar-refractivity contribution in [1.82, 2.24) is 10.3 Å². The molecule has 1 rings (SSSR count). The maximum absolute atomic E-state index is 11.8. The number of hydrogen-bond donors (Lipinski definition) is 2. The number of nitrogens with zero attached hydrogens (tertiary/aromatic N) is 1. The summed E-state index contributed by atoms with van der Waals surface area (Å²) in [4.78, 5) is 28.7. The first kappa shape index (κ1) is 15.6. The van der Waals surface area contributed by atoms with Crippen LogP contribution in [-0.4, -0.2) is 22.3 Å². The van der Waals surface area contributed by atoms with Gasteiger partial charge in [0.2, 0.25) is 0 Å². The molecule has 0 spiro atoms. The molecule has 106 valence electrons. The zero-order chi connectivity index (χ0) is 14.5. The minimum absolute atomic E-state index is 0.341. The van der Waals surface area contributed by atoms with Crippen LogP contribution in [0.15, 0.2) is 6.20 Å². The summed E-state index contributed by atoms with van der Waals surface area (Å²) in [5.74, 6) is -1.27. The highest BCUT2D eigenvalue weighted by atomic mass is 32.1. The zero-order valence-electron chi connectivity index (χ0n) is 11.9. The normalized spacial score (nSPS) is 11.2. The lowest BCUT2D eigenvalue weighted by Gasteiger charge is -2.27. The van der Waals surface area contributed by atoms with Crippen molar-refractivity contribution in [1.29, 1.82) is 0 Å². The lowest BCUT2D eigenvalue weighted by molar-refractivity contribution is -0.137. The van der Waals surface area contributed by atoms with Crippen LogP contribution in [0.4, 0.5) is 5.13 Å². The summed E-state index contributed by atoms with van der Waals surface area (Å²) in [6.45, 7) is 7.91. The van der Waals surface area contributed by atoms with E-state index in [2.05, 4.69) is 15.6 Å². The summed E-state index contributed by atoms with van der Waals surface area (Å²) in [6.07, 6.45) is 4.13. The van der Waals surface area contributed by atoms with Gasteiger partial charge in [0, 0.05) is 16.6 Å². The van der Waals surface area contributed by atoms with E-state index < -0.39 is 11.8 Å². The minimum atomic E-state index is -0.662. The Labute approximate surface area is 117 Å². The Morgan fingerprint density at radius 2 is 1.89 bits per heavy atom. The molecular weight excluding hydrogens is 262 g/mol. The molecule has 0 aromatic carbocycles. The zero-order valence-corrected chi connectivity index (χ0v) is 12.7. The summed E-state index contributed by atoms with van der Waals surface area (Å²) in [5, 5.41) is 5.75. The lowest BCUT2D eigenvalue weighted by Crippen LogP contribution is -2.49. The van der Waals surface area contributed by atoms with Crippen molar-refractivity contribution < 1.29 is 9.59 Å². The van der Waals surface area contributed by atoms with Gasteiger partial charge in [-0.15, -0.1) is 11.3 Å². The predicted octanol–water partition coefficient (Wildman–Crippen LogP) is 2.34. The van der Waals surface area contributed by atoms with E-state index in [1.54, 1.807) is 6.20 Å². The quantitative estimate of drug-likeness (QED) is 0.815. The Balaban J connectivity index is 2.60. The van der Waals surface area contributed by atoms with E-state index in [1.165, 1.54) is 11.3 Å². The fourth-order valence-corrected chi connectivity index (χ4v) is 2.19. The molecule has 0 radical (unpaired) electrons. The predicted molar refractivity (Wildman–Crippen MR) is 77.3 cm³/mol. The minimum Gasteiger partial charge on any atom is -0.343 e. The standard InChI is InChI=1S/C13H21N3O2S/c1-5-9-8-14-12(19-9)15-10(17)11(18)16-13(4,6-2)7-3/h8H,5-7H2,1-4H3,(H,16,18)(H,14,15,17).